The van der Waals surface area contributed by atoms with Crippen LogP contribution in [0, 0.1) is 0 Å². The summed E-state index contributed by atoms with van der Waals surface area (Å²) in [4.78, 5) is 23.3. The average molecular weight is 293 g/mol. The summed E-state index contributed by atoms with van der Waals surface area (Å²) >= 11 is 1.57. The highest BCUT2D eigenvalue weighted by Gasteiger charge is 2.21. The number of carboxylic acid groups (broad SMARTS) is 1. The molecule has 0 radical (unpaired) electrons. The zero-order valence-electron chi connectivity index (χ0n) is 11.5. The molecule has 1 aliphatic rings. The molecule has 0 saturated heterocycles. The van der Waals surface area contributed by atoms with Crippen LogP contribution in [0.5, 0.6) is 0 Å². The molecule has 2 rings (SSSR count). The molecular weight excluding hydrogens is 274 g/mol. The van der Waals surface area contributed by atoms with Crippen molar-refractivity contribution < 1.29 is 14.7 Å². The summed E-state index contributed by atoms with van der Waals surface area (Å²) in [6.07, 6.45) is 5.56. The predicted molar refractivity (Wildman–Crippen MR) is 80.4 cm³/mol. The number of thioether (sulfide) groups is 1. The second-order valence-electron chi connectivity index (χ2n) is 4.98. The molecule has 1 amide bonds. The van der Waals surface area contributed by atoms with Gasteiger partial charge in [-0.25, -0.2) is 4.79 Å². The van der Waals surface area contributed by atoms with Crippen molar-refractivity contribution in [3.8, 4) is 0 Å². The maximum Gasteiger partial charge on any atom is 0.326 e. The number of aryl methyl sites for hydroxylation is 2. The fourth-order valence-electron chi connectivity index (χ4n) is 2.45. The van der Waals surface area contributed by atoms with Gasteiger partial charge in [0.25, 0.3) is 5.91 Å². The highest BCUT2D eigenvalue weighted by Crippen LogP contribution is 2.22. The fourth-order valence-corrected chi connectivity index (χ4v) is 2.92. The number of hydrogen-bond acceptors (Lipinski definition) is 3. The maximum absolute atomic E-state index is 12.1. The van der Waals surface area contributed by atoms with Gasteiger partial charge in [0, 0.05) is 5.56 Å². The van der Waals surface area contributed by atoms with Gasteiger partial charge in [0.1, 0.15) is 6.04 Å². The molecule has 1 unspecified atom stereocenters. The molecule has 4 nitrogen and oxygen atoms in total. The van der Waals surface area contributed by atoms with Crippen LogP contribution in [-0.4, -0.2) is 35.0 Å². The van der Waals surface area contributed by atoms with E-state index in [-0.39, 0.29) is 5.91 Å². The van der Waals surface area contributed by atoms with Gasteiger partial charge in [-0.2, -0.15) is 11.8 Å². The maximum atomic E-state index is 12.1. The molecule has 1 aliphatic carbocycles. The standard InChI is InChI=1S/C15H19NO3S/c1-20-8-7-13(15(18)19)16-14(17)12-6-5-10-3-2-4-11(10)9-12/h5-6,9,13H,2-4,7-8H2,1H3,(H,16,17)(H,18,19). The molecule has 0 saturated carbocycles. The molecule has 2 N–H and O–H groups in total. The molecule has 1 atom stereocenters. The van der Waals surface area contributed by atoms with Gasteiger partial charge in [-0.05, 0) is 61.0 Å². The number of hydrogen-bond donors (Lipinski definition) is 2. The summed E-state index contributed by atoms with van der Waals surface area (Å²) < 4.78 is 0. The third kappa shape index (κ3) is 3.54. The van der Waals surface area contributed by atoms with Gasteiger partial charge in [-0.3, -0.25) is 4.79 Å². The van der Waals surface area contributed by atoms with Gasteiger partial charge in [-0.15, -0.1) is 0 Å². The Morgan fingerprint density at radius 3 is 2.80 bits per heavy atom. The van der Waals surface area contributed by atoms with E-state index in [1.54, 1.807) is 17.8 Å². The molecule has 0 bridgehead atoms. The number of benzene rings is 1. The summed E-state index contributed by atoms with van der Waals surface area (Å²) in [7, 11) is 0. The van der Waals surface area contributed by atoms with E-state index < -0.39 is 12.0 Å². The second kappa shape index (κ2) is 6.79. The zero-order chi connectivity index (χ0) is 14.5. The minimum atomic E-state index is -0.978. The molecule has 0 fully saturated rings. The first-order chi connectivity index (χ1) is 9.61. The lowest BCUT2D eigenvalue weighted by molar-refractivity contribution is -0.139. The van der Waals surface area contributed by atoms with E-state index in [1.165, 1.54) is 11.1 Å². The first kappa shape index (κ1) is 14.9. The average Bonchev–Trinajstić information content (AvgIpc) is 2.90. The third-order valence-corrected chi connectivity index (χ3v) is 4.22. The minimum Gasteiger partial charge on any atom is -0.480 e. The molecule has 20 heavy (non-hydrogen) atoms. The van der Waals surface area contributed by atoms with Crippen molar-refractivity contribution in [2.75, 3.05) is 12.0 Å². The van der Waals surface area contributed by atoms with Gasteiger partial charge < -0.3 is 10.4 Å². The van der Waals surface area contributed by atoms with E-state index in [0.29, 0.717) is 17.7 Å². The van der Waals surface area contributed by atoms with Gasteiger partial charge in [0.2, 0.25) is 0 Å². The minimum absolute atomic E-state index is 0.298. The number of carboxylic acids is 1. The Morgan fingerprint density at radius 1 is 1.35 bits per heavy atom. The van der Waals surface area contributed by atoms with Gasteiger partial charge >= 0.3 is 5.97 Å². The second-order valence-corrected chi connectivity index (χ2v) is 5.97. The van der Waals surface area contributed by atoms with E-state index in [9.17, 15) is 9.59 Å². The predicted octanol–water partition coefficient (Wildman–Crippen LogP) is 2.11. The normalized spacial score (nSPS) is 14.7. The summed E-state index contributed by atoms with van der Waals surface area (Å²) in [5, 5.41) is 11.7. The number of carbonyl (C=O) groups is 2. The Balaban J connectivity index is 2.04. The largest absolute Gasteiger partial charge is 0.480 e. The van der Waals surface area contributed by atoms with E-state index >= 15 is 0 Å². The lowest BCUT2D eigenvalue weighted by Crippen LogP contribution is -2.41. The Kier molecular flexibility index (Phi) is 5.06. The Hall–Kier alpha value is -1.49. The Morgan fingerprint density at radius 2 is 2.10 bits per heavy atom. The number of fused-ring (bicyclic) bond motifs is 1. The molecular formula is C15H19NO3S. The summed E-state index contributed by atoms with van der Waals surface area (Å²) in [6, 6.07) is 4.84. The zero-order valence-corrected chi connectivity index (χ0v) is 12.3. The van der Waals surface area contributed by atoms with Crippen LogP contribution in [0.25, 0.3) is 0 Å². The number of amides is 1. The van der Waals surface area contributed by atoms with Crippen LogP contribution in [0.4, 0.5) is 0 Å². The van der Waals surface area contributed by atoms with Crippen molar-refractivity contribution in [3.05, 3.63) is 34.9 Å². The first-order valence-corrected chi connectivity index (χ1v) is 8.15. The van der Waals surface area contributed by atoms with Crippen LogP contribution >= 0.6 is 11.8 Å². The van der Waals surface area contributed by atoms with E-state index in [2.05, 4.69) is 5.32 Å². The lowest BCUT2D eigenvalue weighted by Gasteiger charge is -2.14. The van der Waals surface area contributed by atoms with Crippen molar-refractivity contribution >= 4 is 23.6 Å². The van der Waals surface area contributed by atoms with Crippen molar-refractivity contribution in [2.24, 2.45) is 0 Å². The van der Waals surface area contributed by atoms with E-state index in [4.69, 9.17) is 5.11 Å². The van der Waals surface area contributed by atoms with Crippen molar-refractivity contribution in [3.63, 3.8) is 0 Å². The molecule has 5 heteroatoms. The van der Waals surface area contributed by atoms with Gasteiger partial charge in [0.05, 0.1) is 0 Å². The van der Waals surface area contributed by atoms with Gasteiger partial charge in [-0.1, -0.05) is 6.07 Å². The number of aliphatic carboxylic acids is 1. The lowest BCUT2D eigenvalue weighted by atomic mass is 10.1. The topological polar surface area (TPSA) is 66.4 Å². The van der Waals surface area contributed by atoms with Crippen molar-refractivity contribution in [1.82, 2.24) is 5.32 Å². The van der Waals surface area contributed by atoms with Crippen LogP contribution < -0.4 is 5.32 Å². The molecule has 0 aliphatic heterocycles. The van der Waals surface area contributed by atoms with Crippen molar-refractivity contribution in [2.45, 2.75) is 31.7 Å². The SMILES string of the molecule is CSCCC(NC(=O)c1ccc2c(c1)CCC2)C(=O)O. The van der Waals surface area contributed by atoms with Gasteiger partial charge in [0.15, 0.2) is 0 Å². The van der Waals surface area contributed by atoms with Crippen molar-refractivity contribution in [1.29, 1.82) is 0 Å². The van der Waals surface area contributed by atoms with Crippen LogP contribution in [0.1, 0.15) is 34.3 Å². The highest BCUT2D eigenvalue weighted by molar-refractivity contribution is 7.98. The fraction of sp³-hybridized carbons (Fsp3) is 0.467. The third-order valence-electron chi connectivity index (χ3n) is 3.57. The smallest absolute Gasteiger partial charge is 0.326 e. The van der Waals surface area contributed by atoms with E-state index in [1.807, 2.05) is 18.4 Å². The molecule has 0 aromatic heterocycles. The Bertz CT molecular complexity index is 516. The molecule has 0 spiro atoms. The van der Waals surface area contributed by atoms with E-state index in [0.717, 1.165) is 19.3 Å². The highest BCUT2D eigenvalue weighted by atomic mass is 32.2. The molecule has 108 valence electrons. The monoisotopic (exact) mass is 293 g/mol. The first-order valence-electron chi connectivity index (χ1n) is 6.76. The molecule has 1 aromatic rings. The molecule has 0 heterocycles. The van der Waals surface area contributed by atoms with Crippen LogP contribution in [0.2, 0.25) is 0 Å². The number of carbonyl (C=O) groups excluding carboxylic acids is 1. The number of rotatable bonds is 6. The quantitative estimate of drug-likeness (QED) is 0.843. The Labute approximate surface area is 123 Å². The van der Waals surface area contributed by atoms with Crippen LogP contribution in [0.3, 0.4) is 0 Å². The summed E-state index contributed by atoms with van der Waals surface area (Å²) in [5.41, 5.74) is 3.08. The summed E-state index contributed by atoms with van der Waals surface area (Å²) in [6.45, 7) is 0. The van der Waals surface area contributed by atoms with Crippen LogP contribution in [0.15, 0.2) is 18.2 Å². The summed E-state index contributed by atoms with van der Waals surface area (Å²) in [5.74, 6) is -0.566. The molecule has 1 aromatic carbocycles. The number of nitrogens with one attached hydrogen (secondary N) is 1. The van der Waals surface area contributed by atoms with Crippen LogP contribution in [-0.2, 0) is 17.6 Å².